The van der Waals surface area contributed by atoms with Gasteiger partial charge in [0.2, 0.25) is 0 Å². The number of hydrogen-bond donors (Lipinski definition) is 0. The van der Waals surface area contributed by atoms with Gasteiger partial charge in [0.15, 0.2) is 0 Å². The third-order valence-corrected chi connectivity index (χ3v) is 13.1. The Kier molecular flexibility index (Phi) is 9.58. The van der Waals surface area contributed by atoms with Crippen LogP contribution < -0.4 is 4.90 Å². The van der Waals surface area contributed by atoms with E-state index in [1.165, 1.54) is 87.6 Å². The van der Waals surface area contributed by atoms with Gasteiger partial charge in [-0.05, 0) is 136 Å². The summed E-state index contributed by atoms with van der Waals surface area (Å²) in [6.07, 6.45) is 0. The molecule has 304 valence electrons. The number of anilines is 3. The molecule has 0 aromatic heterocycles. The smallest absolute Gasteiger partial charge is 0.0546 e. The van der Waals surface area contributed by atoms with E-state index >= 15 is 0 Å². The number of benzene rings is 12. The zero-order valence-electron chi connectivity index (χ0n) is 35.8. The van der Waals surface area contributed by atoms with Crippen LogP contribution in [0.25, 0.3) is 98.7 Å². The van der Waals surface area contributed by atoms with Crippen molar-refractivity contribution in [1.29, 1.82) is 0 Å². The normalized spacial score (nSPS) is 11.4. The maximum absolute atomic E-state index is 2.43. The fraction of sp³-hybridized carbons (Fsp3) is 0. The van der Waals surface area contributed by atoms with Crippen LogP contribution in [-0.4, -0.2) is 0 Å². The zero-order valence-corrected chi connectivity index (χ0v) is 35.8. The maximum Gasteiger partial charge on any atom is 0.0546 e. The van der Waals surface area contributed by atoms with Gasteiger partial charge in [-0.25, -0.2) is 0 Å². The number of hydrogen-bond acceptors (Lipinski definition) is 1. The Morgan fingerprint density at radius 3 is 1.42 bits per heavy atom. The molecule has 0 atom stereocenters. The summed E-state index contributed by atoms with van der Waals surface area (Å²) < 4.78 is 0. The van der Waals surface area contributed by atoms with Crippen LogP contribution in [-0.2, 0) is 0 Å². The summed E-state index contributed by atoms with van der Waals surface area (Å²) in [6.45, 7) is 0. The van der Waals surface area contributed by atoms with Crippen molar-refractivity contribution in [3.8, 4) is 55.6 Å². The predicted molar refractivity (Wildman–Crippen MR) is 278 cm³/mol. The average Bonchev–Trinajstić information content (AvgIpc) is 3.39. The summed E-state index contributed by atoms with van der Waals surface area (Å²) in [5, 5.41) is 10.0. The molecular weight excluding hydrogens is 783 g/mol. The second-order valence-electron chi connectivity index (χ2n) is 16.9. The molecule has 0 amide bonds. The molecular formula is C64H43N. The Hall–Kier alpha value is -8.52. The van der Waals surface area contributed by atoms with Gasteiger partial charge in [-0.15, -0.1) is 0 Å². The summed E-state index contributed by atoms with van der Waals surface area (Å²) in [6, 6.07) is 95.3. The van der Waals surface area contributed by atoms with E-state index in [1.807, 2.05) is 0 Å². The van der Waals surface area contributed by atoms with Crippen LogP contribution in [0, 0.1) is 0 Å². The molecule has 0 heterocycles. The molecule has 12 aromatic carbocycles. The molecule has 0 bridgehead atoms. The monoisotopic (exact) mass is 825 g/mol. The Labute approximate surface area is 379 Å². The topological polar surface area (TPSA) is 3.24 Å². The molecule has 0 saturated carbocycles. The maximum atomic E-state index is 2.43. The lowest BCUT2D eigenvalue weighted by Crippen LogP contribution is -2.11. The molecule has 12 aromatic rings. The van der Waals surface area contributed by atoms with Crippen molar-refractivity contribution in [2.24, 2.45) is 0 Å². The number of nitrogens with zero attached hydrogens (tertiary/aromatic N) is 1. The van der Waals surface area contributed by atoms with Crippen LogP contribution in [0.15, 0.2) is 261 Å². The molecule has 1 nitrogen and oxygen atoms in total. The van der Waals surface area contributed by atoms with Gasteiger partial charge in [-0.3, -0.25) is 0 Å². The molecule has 65 heavy (non-hydrogen) atoms. The molecule has 0 aliphatic carbocycles. The van der Waals surface area contributed by atoms with E-state index in [2.05, 4.69) is 266 Å². The second kappa shape index (κ2) is 16.3. The molecule has 0 aliphatic rings. The molecule has 0 unspecified atom stereocenters. The van der Waals surface area contributed by atoms with Crippen molar-refractivity contribution >= 4 is 60.2 Å². The van der Waals surface area contributed by atoms with Crippen LogP contribution in [0.2, 0.25) is 0 Å². The van der Waals surface area contributed by atoms with Gasteiger partial charge in [0.1, 0.15) is 0 Å². The predicted octanol–water partition coefficient (Wildman–Crippen LogP) is 18.1. The van der Waals surface area contributed by atoms with Crippen molar-refractivity contribution in [2.75, 3.05) is 4.90 Å². The second-order valence-corrected chi connectivity index (χ2v) is 16.9. The number of rotatable bonds is 8. The van der Waals surface area contributed by atoms with Crippen LogP contribution in [0.3, 0.4) is 0 Å². The molecule has 0 N–H and O–H groups in total. The fourth-order valence-electron chi connectivity index (χ4n) is 9.76. The third kappa shape index (κ3) is 7.10. The summed E-state index contributed by atoms with van der Waals surface area (Å²) in [5.41, 5.74) is 15.2. The average molecular weight is 826 g/mol. The van der Waals surface area contributed by atoms with Gasteiger partial charge in [-0.1, -0.05) is 218 Å². The van der Waals surface area contributed by atoms with Gasteiger partial charge < -0.3 is 4.90 Å². The van der Waals surface area contributed by atoms with Crippen LogP contribution in [0.4, 0.5) is 17.1 Å². The first-order valence-electron chi connectivity index (χ1n) is 22.4. The third-order valence-electron chi connectivity index (χ3n) is 13.1. The SMILES string of the molecule is c1ccc(-c2ccc(-c3ccc4ccccc4c3)cc2N(c2ccc(-c3ccc(-c4cccc5ccccc45)cc3)cc2)c2ccc(-c3cc4ccccc4c4ccccc34)cc2)cc1. The Morgan fingerprint density at radius 1 is 0.200 bits per heavy atom. The van der Waals surface area contributed by atoms with Gasteiger partial charge >= 0.3 is 0 Å². The molecule has 0 aliphatic heterocycles. The summed E-state index contributed by atoms with van der Waals surface area (Å²) >= 11 is 0. The van der Waals surface area contributed by atoms with E-state index in [1.54, 1.807) is 0 Å². The standard InChI is InChI=1S/C64H43N/c1-2-14-48(15-3-1)60-40-35-53(52-30-27-44-13-4-5-17-51(44)41-52)43-64(60)65(56-38-33-50(34-39-56)63-42-54-18-7-9-21-59(54)61-22-10-11-23-62(61)63)55-36-31-46(32-37-55)45-25-28-49(29-26-45)58-24-12-19-47-16-6-8-20-57(47)58/h1-43H. The van der Waals surface area contributed by atoms with E-state index < -0.39 is 0 Å². The van der Waals surface area contributed by atoms with E-state index in [-0.39, 0.29) is 0 Å². The molecule has 1 heteroatoms. The molecule has 0 saturated heterocycles. The van der Waals surface area contributed by atoms with E-state index in [4.69, 9.17) is 0 Å². The summed E-state index contributed by atoms with van der Waals surface area (Å²) in [5.74, 6) is 0. The van der Waals surface area contributed by atoms with Crippen molar-refractivity contribution in [3.05, 3.63) is 261 Å². The lowest BCUT2D eigenvalue weighted by Gasteiger charge is -2.29. The van der Waals surface area contributed by atoms with E-state index in [0.29, 0.717) is 0 Å². The van der Waals surface area contributed by atoms with Crippen molar-refractivity contribution in [3.63, 3.8) is 0 Å². The summed E-state index contributed by atoms with van der Waals surface area (Å²) in [7, 11) is 0. The highest BCUT2D eigenvalue weighted by molar-refractivity contribution is 6.14. The molecule has 12 rings (SSSR count). The Morgan fingerprint density at radius 2 is 0.677 bits per heavy atom. The quantitative estimate of drug-likeness (QED) is 0.138. The lowest BCUT2D eigenvalue weighted by atomic mass is 9.93. The van der Waals surface area contributed by atoms with Crippen LogP contribution in [0.5, 0.6) is 0 Å². The highest BCUT2D eigenvalue weighted by Gasteiger charge is 2.20. The first-order valence-corrected chi connectivity index (χ1v) is 22.4. The largest absolute Gasteiger partial charge is 0.310 e. The highest BCUT2D eigenvalue weighted by Crippen LogP contribution is 2.45. The number of fused-ring (bicyclic) bond motifs is 5. The van der Waals surface area contributed by atoms with Crippen molar-refractivity contribution in [2.45, 2.75) is 0 Å². The Bertz CT molecular complexity index is 3670. The van der Waals surface area contributed by atoms with E-state index in [0.717, 1.165) is 28.2 Å². The van der Waals surface area contributed by atoms with Gasteiger partial charge in [0, 0.05) is 16.9 Å². The Balaban J connectivity index is 0.992. The minimum atomic E-state index is 1.08. The molecule has 0 fully saturated rings. The minimum Gasteiger partial charge on any atom is -0.310 e. The van der Waals surface area contributed by atoms with Gasteiger partial charge in [0.25, 0.3) is 0 Å². The van der Waals surface area contributed by atoms with Gasteiger partial charge in [-0.2, -0.15) is 0 Å². The minimum absolute atomic E-state index is 1.08. The lowest BCUT2D eigenvalue weighted by molar-refractivity contribution is 1.28. The first-order chi connectivity index (χ1) is 32.2. The molecule has 0 spiro atoms. The van der Waals surface area contributed by atoms with Crippen molar-refractivity contribution in [1.82, 2.24) is 0 Å². The van der Waals surface area contributed by atoms with Crippen LogP contribution in [0.1, 0.15) is 0 Å². The van der Waals surface area contributed by atoms with Gasteiger partial charge in [0.05, 0.1) is 5.69 Å². The van der Waals surface area contributed by atoms with E-state index in [9.17, 15) is 0 Å². The highest BCUT2D eigenvalue weighted by atomic mass is 15.1. The summed E-state index contributed by atoms with van der Waals surface area (Å²) in [4.78, 5) is 2.43. The zero-order chi connectivity index (χ0) is 43.1. The first kappa shape index (κ1) is 38.2. The van der Waals surface area contributed by atoms with Crippen molar-refractivity contribution < 1.29 is 0 Å². The molecule has 0 radical (unpaired) electrons. The fourth-order valence-corrected chi connectivity index (χ4v) is 9.76. The van der Waals surface area contributed by atoms with Crippen LogP contribution >= 0.6 is 0 Å².